The molecule has 0 bridgehead atoms. The van der Waals surface area contributed by atoms with E-state index < -0.39 is 5.97 Å². The molecular weight excluding hydrogens is 274 g/mol. The number of nitrogens with zero attached hydrogens (tertiary/aromatic N) is 1. The van der Waals surface area contributed by atoms with Gasteiger partial charge in [-0.2, -0.15) is 0 Å². The van der Waals surface area contributed by atoms with Crippen molar-refractivity contribution in [1.29, 1.82) is 0 Å². The summed E-state index contributed by atoms with van der Waals surface area (Å²) in [7, 11) is 3.06. The summed E-state index contributed by atoms with van der Waals surface area (Å²) >= 11 is 0. The van der Waals surface area contributed by atoms with Crippen LogP contribution in [0.1, 0.15) is 13.8 Å². The Bertz CT molecular complexity index is 559. The van der Waals surface area contributed by atoms with Gasteiger partial charge < -0.3 is 19.3 Å². The van der Waals surface area contributed by atoms with E-state index in [9.17, 15) is 9.90 Å². The number of rotatable bonds is 6. The quantitative estimate of drug-likeness (QED) is 0.378. The van der Waals surface area contributed by atoms with E-state index in [2.05, 4.69) is 4.99 Å². The van der Waals surface area contributed by atoms with Crippen molar-refractivity contribution in [3.8, 4) is 11.5 Å². The van der Waals surface area contributed by atoms with Crippen molar-refractivity contribution in [2.75, 3.05) is 20.8 Å². The van der Waals surface area contributed by atoms with E-state index >= 15 is 0 Å². The maximum atomic E-state index is 11.7. The van der Waals surface area contributed by atoms with E-state index in [-0.39, 0.29) is 17.9 Å². The molecule has 6 heteroatoms. The average Bonchev–Trinajstić information content (AvgIpc) is 2.47. The second-order valence-corrected chi connectivity index (χ2v) is 4.02. The van der Waals surface area contributed by atoms with E-state index in [1.165, 1.54) is 27.4 Å². The summed E-state index contributed by atoms with van der Waals surface area (Å²) in [6.45, 7) is 3.31. The number of carbonyl (C=O) groups is 1. The van der Waals surface area contributed by atoms with Crippen molar-refractivity contribution >= 4 is 17.9 Å². The lowest BCUT2D eigenvalue weighted by molar-refractivity contribution is -0.138. The minimum absolute atomic E-state index is 0.00614. The van der Waals surface area contributed by atoms with Gasteiger partial charge >= 0.3 is 5.97 Å². The highest BCUT2D eigenvalue weighted by molar-refractivity contribution is 6.10. The molecule has 0 saturated heterocycles. The Hall–Kier alpha value is -2.50. The monoisotopic (exact) mass is 293 g/mol. The second-order valence-electron chi connectivity index (χ2n) is 4.02. The van der Waals surface area contributed by atoms with Crippen LogP contribution < -0.4 is 9.47 Å². The molecule has 1 N–H and O–H groups in total. The summed E-state index contributed by atoms with van der Waals surface area (Å²) in [6.07, 6.45) is 1.26. The van der Waals surface area contributed by atoms with Crippen LogP contribution in [0.15, 0.2) is 34.5 Å². The average molecular weight is 293 g/mol. The van der Waals surface area contributed by atoms with Crippen LogP contribution in [-0.4, -0.2) is 38.1 Å². The molecule has 0 saturated carbocycles. The lowest BCUT2D eigenvalue weighted by Gasteiger charge is -2.07. The highest BCUT2D eigenvalue weighted by Gasteiger charge is 2.12. The number of ether oxygens (including phenoxy) is 3. The van der Waals surface area contributed by atoms with Gasteiger partial charge in [0.25, 0.3) is 0 Å². The predicted octanol–water partition coefficient (Wildman–Crippen LogP) is 2.80. The molecule has 0 aliphatic heterocycles. The first-order chi connectivity index (χ1) is 10.0. The SMILES string of the molecule is CCOC(=O)C(C=Nc1ccc(OC)c(OC)c1)=C(C)O. The highest BCUT2D eigenvalue weighted by Crippen LogP contribution is 2.30. The summed E-state index contributed by atoms with van der Waals surface area (Å²) in [4.78, 5) is 15.8. The number of carbonyl (C=O) groups excluding carboxylic acids is 1. The zero-order chi connectivity index (χ0) is 15.8. The largest absolute Gasteiger partial charge is 0.512 e. The first kappa shape index (κ1) is 16.6. The van der Waals surface area contributed by atoms with Gasteiger partial charge in [-0.1, -0.05) is 0 Å². The molecule has 6 nitrogen and oxygen atoms in total. The first-order valence-corrected chi connectivity index (χ1v) is 6.36. The van der Waals surface area contributed by atoms with E-state index in [1.807, 2.05) is 0 Å². The Kier molecular flexibility index (Phi) is 6.26. The maximum absolute atomic E-state index is 11.7. The molecule has 0 amide bonds. The minimum Gasteiger partial charge on any atom is -0.512 e. The molecule has 0 aliphatic carbocycles. The number of aliphatic hydroxyl groups excluding tert-OH is 1. The van der Waals surface area contributed by atoms with Gasteiger partial charge in [0.1, 0.15) is 11.3 Å². The number of allylic oxidation sites excluding steroid dienone is 1. The van der Waals surface area contributed by atoms with Gasteiger partial charge in [-0.25, -0.2) is 4.79 Å². The van der Waals surface area contributed by atoms with E-state index in [1.54, 1.807) is 25.1 Å². The summed E-state index contributed by atoms with van der Waals surface area (Å²) in [6, 6.07) is 5.06. The number of esters is 1. The smallest absolute Gasteiger partial charge is 0.343 e. The Labute approximate surface area is 123 Å². The predicted molar refractivity (Wildman–Crippen MR) is 79.7 cm³/mol. The number of aliphatic hydroxyl groups is 1. The normalized spacial score (nSPS) is 12.0. The molecule has 114 valence electrons. The van der Waals surface area contributed by atoms with Gasteiger partial charge in [0.2, 0.25) is 0 Å². The lowest BCUT2D eigenvalue weighted by Crippen LogP contribution is -2.10. The first-order valence-electron chi connectivity index (χ1n) is 6.36. The van der Waals surface area contributed by atoms with Crippen molar-refractivity contribution < 1.29 is 24.1 Å². The molecule has 0 aromatic heterocycles. The summed E-state index contributed by atoms with van der Waals surface area (Å²) < 4.78 is 15.1. The highest BCUT2D eigenvalue weighted by atomic mass is 16.5. The van der Waals surface area contributed by atoms with Gasteiger partial charge in [0.05, 0.1) is 26.5 Å². The third kappa shape index (κ3) is 4.52. The van der Waals surface area contributed by atoms with Crippen LogP contribution in [0.3, 0.4) is 0 Å². The molecule has 0 unspecified atom stereocenters. The van der Waals surface area contributed by atoms with Crippen molar-refractivity contribution in [2.24, 2.45) is 4.99 Å². The standard InChI is InChI=1S/C15H19NO5/c1-5-21-15(18)12(10(2)17)9-16-11-6-7-13(19-3)14(8-11)20-4/h6-9,17H,5H2,1-4H3. The molecule has 21 heavy (non-hydrogen) atoms. The summed E-state index contributed by atoms with van der Waals surface area (Å²) in [5, 5.41) is 9.51. The van der Waals surface area contributed by atoms with Gasteiger partial charge in [-0.15, -0.1) is 0 Å². The molecule has 0 aliphatic rings. The number of hydrogen-bond donors (Lipinski definition) is 1. The van der Waals surface area contributed by atoms with Crippen LogP contribution in [0.4, 0.5) is 5.69 Å². The van der Waals surface area contributed by atoms with E-state index in [0.717, 1.165) is 0 Å². The molecular formula is C15H19NO5. The number of hydrogen-bond acceptors (Lipinski definition) is 6. The van der Waals surface area contributed by atoms with Gasteiger partial charge in [-0.05, 0) is 26.0 Å². The Morgan fingerprint density at radius 2 is 1.95 bits per heavy atom. The molecule has 1 aromatic carbocycles. The Balaban J connectivity index is 3.03. The van der Waals surface area contributed by atoms with Crippen LogP contribution in [0, 0.1) is 0 Å². The Morgan fingerprint density at radius 1 is 1.29 bits per heavy atom. The van der Waals surface area contributed by atoms with Crippen LogP contribution in [0.2, 0.25) is 0 Å². The number of aliphatic imine (C=N–C) groups is 1. The molecule has 0 fully saturated rings. The lowest BCUT2D eigenvalue weighted by atomic mass is 10.2. The van der Waals surface area contributed by atoms with Crippen LogP contribution >= 0.6 is 0 Å². The summed E-state index contributed by atoms with van der Waals surface area (Å²) in [5.41, 5.74) is 0.558. The van der Waals surface area contributed by atoms with Gasteiger partial charge in [-0.3, -0.25) is 4.99 Å². The zero-order valence-corrected chi connectivity index (χ0v) is 12.5. The third-order valence-corrected chi connectivity index (χ3v) is 2.59. The molecule has 0 radical (unpaired) electrons. The van der Waals surface area contributed by atoms with Crippen molar-refractivity contribution in [3.05, 3.63) is 29.5 Å². The van der Waals surface area contributed by atoms with Gasteiger partial charge in [0, 0.05) is 12.3 Å². The fourth-order valence-electron chi connectivity index (χ4n) is 1.55. The molecule has 1 aromatic rings. The minimum atomic E-state index is -0.623. The van der Waals surface area contributed by atoms with Crippen molar-refractivity contribution in [1.82, 2.24) is 0 Å². The topological polar surface area (TPSA) is 77.4 Å². The van der Waals surface area contributed by atoms with Crippen LogP contribution in [0.25, 0.3) is 0 Å². The zero-order valence-electron chi connectivity index (χ0n) is 12.5. The van der Waals surface area contributed by atoms with Crippen molar-refractivity contribution in [2.45, 2.75) is 13.8 Å². The molecule has 1 rings (SSSR count). The van der Waals surface area contributed by atoms with Crippen LogP contribution in [-0.2, 0) is 9.53 Å². The maximum Gasteiger partial charge on any atom is 0.343 e. The third-order valence-electron chi connectivity index (χ3n) is 2.59. The molecule has 0 atom stereocenters. The van der Waals surface area contributed by atoms with E-state index in [0.29, 0.717) is 17.2 Å². The fraction of sp³-hybridized carbons (Fsp3) is 0.333. The molecule has 0 spiro atoms. The van der Waals surface area contributed by atoms with Gasteiger partial charge in [0.15, 0.2) is 11.5 Å². The summed E-state index contributed by atoms with van der Waals surface area (Å²) in [5.74, 6) is 0.324. The van der Waals surface area contributed by atoms with Crippen LogP contribution in [0.5, 0.6) is 11.5 Å². The number of benzene rings is 1. The van der Waals surface area contributed by atoms with E-state index in [4.69, 9.17) is 14.2 Å². The Morgan fingerprint density at radius 3 is 2.48 bits per heavy atom. The second kappa shape index (κ2) is 7.94. The molecule has 0 heterocycles. The number of methoxy groups -OCH3 is 2. The fourth-order valence-corrected chi connectivity index (χ4v) is 1.55. The van der Waals surface area contributed by atoms with Crippen molar-refractivity contribution in [3.63, 3.8) is 0 Å².